The molecule has 3 fully saturated rings. The molecule has 5 aliphatic rings. The lowest BCUT2D eigenvalue weighted by Gasteiger charge is -2.33. The monoisotopic (exact) mass is 857 g/mol. The summed E-state index contributed by atoms with van der Waals surface area (Å²) in [6.07, 6.45) is 3.77. The van der Waals surface area contributed by atoms with Gasteiger partial charge in [0.1, 0.15) is 11.9 Å². The van der Waals surface area contributed by atoms with Crippen LogP contribution in [0.25, 0.3) is 10.8 Å². The van der Waals surface area contributed by atoms with Crippen LogP contribution in [-0.4, -0.2) is 91.0 Å². The molecule has 2 aliphatic carbocycles. The Balaban J connectivity index is 1.25. The molecule has 1 aromatic carbocycles. The fourth-order valence-corrected chi connectivity index (χ4v) is 10.4. The molecule has 0 spiro atoms. The number of fused-ring (bicyclic) bond motifs is 5. The molecule has 0 unspecified atom stereocenters. The highest BCUT2D eigenvalue weighted by Gasteiger charge is 2.63. The predicted molar refractivity (Wildman–Crippen MR) is 217 cm³/mol. The number of hydrogen-bond donors (Lipinski definition) is 1. The van der Waals surface area contributed by atoms with Gasteiger partial charge in [0.2, 0.25) is 33.6 Å². The van der Waals surface area contributed by atoms with Gasteiger partial charge in [-0.2, -0.15) is 4.98 Å². The van der Waals surface area contributed by atoms with Gasteiger partial charge in [-0.3, -0.25) is 23.9 Å². The number of hydrogen-bond acceptors (Lipinski definition) is 11. The Morgan fingerprint density at radius 1 is 1.13 bits per heavy atom. The van der Waals surface area contributed by atoms with Gasteiger partial charge in [-0.15, -0.1) is 0 Å². The Morgan fingerprint density at radius 2 is 1.88 bits per heavy atom. The Hall–Kier alpha value is -4.34. The van der Waals surface area contributed by atoms with Crippen LogP contribution >= 0.6 is 0 Å². The number of methoxy groups -OCH3 is 1. The number of aromatic nitrogens is 1. The average molecular weight is 858 g/mol. The molecule has 4 heterocycles. The van der Waals surface area contributed by atoms with Gasteiger partial charge in [0.05, 0.1) is 48.8 Å². The third-order valence-electron chi connectivity index (χ3n) is 13.4. The van der Waals surface area contributed by atoms with Gasteiger partial charge >= 0.3 is 5.97 Å². The first kappa shape index (κ1) is 43.7. The van der Waals surface area contributed by atoms with Crippen LogP contribution in [0.5, 0.6) is 17.5 Å². The summed E-state index contributed by atoms with van der Waals surface area (Å²) in [5.41, 5.74) is -2.53. The van der Waals surface area contributed by atoms with E-state index < -0.39 is 92.1 Å². The second-order valence-corrected chi connectivity index (χ2v) is 20.7. The first-order valence-electron chi connectivity index (χ1n) is 21.1. The lowest BCUT2D eigenvalue weighted by atomic mass is 9.82. The van der Waals surface area contributed by atoms with Crippen molar-refractivity contribution in [1.82, 2.24) is 14.6 Å². The molecule has 2 aromatic rings. The normalized spacial score (nSPS) is 29.9. The van der Waals surface area contributed by atoms with E-state index in [9.17, 15) is 36.4 Å². The molecule has 2 amide bonds. The number of ketones is 1. The number of ether oxygens (including phenoxy) is 4. The SMILES string of the molecule is COc1ccc2c(O[C@@H]3C[C@H]4C(=O)C[C@]5(C(=O)NS(=O)(=O)C6(C)CC6)C[C@H]5/C=C\CC[C@@H](C)C[C@@H](C)[C@H](CC(=O)OC(C)(C)C(F)F)C(=O)N4C3)nc3c(c2c1)CCCO3. The van der Waals surface area contributed by atoms with Crippen LogP contribution < -0.4 is 18.9 Å². The van der Waals surface area contributed by atoms with E-state index in [1.807, 2.05) is 38.1 Å². The quantitative estimate of drug-likeness (QED) is 0.205. The summed E-state index contributed by atoms with van der Waals surface area (Å²) in [6.45, 7) is 8.05. The van der Waals surface area contributed by atoms with Gasteiger partial charge in [0.15, 0.2) is 11.4 Å². The van der Waals surface area contributed by atoms with E-state index >= 15 is 0 Å². The van der Waals surface area contributed by atoms with E-state index in [2.05, 4.69) is 4.72 Å². The second-order valence-electron chi connectivity index (χ2n) is 18.6. The van der Waals surface area contributed by atoms with Crippen LogP contribution in [0.15, 0.2) is 30.4 Å². The maximum absolute atomic E-state index is 15.0. The van der Waals surface area contributed by atoms with E-state index in [1.54, 1.807) is 20.1 Å². The first-order valence-corrected chi connectivity index (χ1v) is 22.6. The molecule has 3 aliphatic heterocycles. The zero-order valence-electron chi connectivity index (χ0n) is 35.3. The molecule has 0 bridgehead atoms. The van der Waals surface area contributed by atoms with E-state index in [4.69, 9.17) is 23.9 Å². The minimum Gasteiger partial charge on any atom is -0.497 e. The number of nitrogens with one attached hydrogen (secondary N) is 1. The zero-order valence-corrected chi connectivity index (χ0v) is 36.1. The van der Waals surface area contributed by atoms with Crippen molar-refractivity contribution in [2.24, 2.45) is 29.1 Å². The summed E-state index contributed by atoms with van der Waals surface area (Å²) in [5, 5.41) is 1.51. The van der Waals surface area contributed by atoms with Crippen LogP contribution in [-0.2, 0) is 40.4 Å². The molecular weight excluding hydrogens is 801 g/mol. The fourth-order valence-electron chi connectivity index (χ4n) is 9.09. The van der Waals surface area contributed by atoms with Crippen LogP contribution in [0.3, 0.4) is 0 Å². The molecule has 2 saturated carbocycles. The summed E-state index contributed by atoms with van der Waals surface area (Å²) in [5.74, 6) is -3.19. The number of Topliss-reactive ketones (excluding diaryl/α,β-unsaturated/α-hetero) is 1. The number of benzene rings is 1. The summed E-state index contributed by atoms with van der Waals surface area (Å²) in [4.78, 5) is 63.3. The number of carbonyl (C=O) groups is 4. The summed E-state index contributed by atoms with van der Waals surface area (Å²) >= 11 is 0. The molecular formula is C44H57F2N3O10S. The molecule has 1 saturated heterocycles. The number of amides is 2. The number of rotatable bonds is 10. The van der Waals surface area contributed by atoms with Crippen LogP contribution in [0.4, 0.5) is 8.78 Å². The largest absolute Gasteiger partial charge is 0.497 e. The number of sulfonamides is 1. The second kappa shape index (κ2) is 16.5. The molecule has 60 heavy (non-hydrogen) atoms. The number of pyridine rings is 1. The lowest BCUT2D eigenvalue weighted by molar-refractivity contribution is -0.174. The van der Waals surface area contributed by atoms with Crippen molar-refractivity contribution < 1.29 is 55.3 Å². The molecule has 0 radical (unpaired) electrons. The molecule has 7 rings (SSSR count). The van der Waals surface area contributed by atoms with Gasteiger partial charge in [-0.25, -0.2) is 17.2 Å². The molecule has 16 heteroatoms. The van der Waals surface area contributed by atoms with E-state index in [-0.39, 0.29) is 37.6 Å². The third kappa shape index (κ3) is 8.72. The van der Waals surface area contributed by atoms with E-state index in [0.717, 1.165) is 37.6 Å². The van der Waals surface area contributed by atoms with Gasteiger partial charge in [-0.05, 0) is 113 Å². The fraction of sp³-hybridized carbons (Fsp3) is 0.659. The van der Waals surface area contributed by atoms with Crippen molar-refractivity contribution in [3.8, 4) is 17.5 Å². The van der Waals surface area contributed by atoms with Crippen LogP contribution in [0.1, 0.15) is 104 Å². The van der Waals surface area contributed by atoms with Gasteiger partial charge < -0.3 is 23.8 Å². The first-order chi connectivity index (χ1) is 28.3. The minimum absolute atomic E-state index is 0.0107. The zero-order chi connectivity index (χ0) is 43.4. The number of aryl methyl sites for hydroxylation is 1. The van der Waals surface area contributed by atoms with Crippen molar-refractivity contribution in [2.75, 3.05) is 20.3 Å². The Labute approximate surface area is 350 Å². The Kier molecular flexibility index (Phi) is 12.0. The highest BCUT2D eigenvalue weighted by molar-refractivity contribution is 7.91. The molecule has 13 nitrogen and oxygen atoms in total. The van der Waals surface area contributed by atoms with Crippen molar-refractivity contribution in [2.45, 2.75) is 134 Å². The Bertz CT molecular complexity index is 2180. The summed E-state index contributed by atoms with van der Waals surface area (Å²) in [6, 6.07) is 4.38. The van der Waals surface area contributed by atoms with Crippen molar-refractivity contribution in [3.63, 3.8) is 0 Å². The Morgan fingerprint density at radius 3 is 2.58 bits per heavy atom. The number of nitrogens with zero attached hydrogens (tertiary/aromatic N) is 2. The third-order valence-corrected chi connectivity index (χ3v) is 15.6. The van der Waals surface area contributed by atoms with Crippen molar-refractivity contribution in [3.05, 3.63) is 35.9 Å². The average Bonchev–Trinajstić information content (AvgIpc) is 4.07. The minimum atomic E-state index is -4.01. The lowest BCUT2D eigenvalue weighted by Crippen LogP contribution is -2.48. The predicted octanol–water partition coefficient (Wildman–Crippen LogP) is 6.49. The molecule has 328 valence electrons. The van der Waals surface area contributed by atoms with Crippen molar-refractivity contribution >= 4 is 44.4 Å². The standard InChI is InChI=1S/C44H57F2N3O10S/c1-25-10-7-8-11-27-22-44(27,41(53)48-60(54,55)43(5)15-16-43)23-35(50)34-20-29(24-49(34)39(52)32(26(2)18-25)21-36(51)59-42(3,4)40(45)46)58-38-31-14-13-28(56-6)19-33(31)30-12-9-17-57-37(30)47-38/h8,11,13-14,19,25-27,29,32,34,40H,7,9-10,12,15-18,20-24H2,1-6H3,(H,48,53)/b11-8-/t25-,26-,27-,29-,32+,34+,44-/m1/s1. The summed E-state index contributed by atoms with van der Waals surface area (Å²) in [7, 11) is -2.44. The summed E-state index contributed by atoms with van der Waals surface area (Å²) < 4.78 is 78.8. The molecule has 1 N–H and O–H groups in total. The van der Waals surface area contributed by atoms with Crippen LogP contribution in [0.2, 0.25) is 0 Å². The molecule has 1 aromatic heterocycles. The van der Waals surface area contributed by atoms with E-state index in [0.29, 0.717) is 55.7 Å². The highest BCUT2D eigenvalue weighted by Crippen LogP contribution is 2.58. The number of esters is 1. The van der Waals surface area contributed by atoms with Crippen molar-refractivity contribution in [1.29, 1.82) is 0 Å². The maximum Gasteiger partial charge on any atom is 0.307 e. The van der Waals surface area contributed by atoms with Gasteiger partial charge in [-0.1, -0.05) is 26.0 Å². The number of halogens is 2. The van der Waals surface area contributed by atoms with Gasteiger partial charge in [0.25, 0.3) is 6.43 Å². The number of alkyl halides is 2. The number of carbonyl (C=O) groups excluding carboxylic acids is 4. The molecule has 7 atom stereocenters. The van der Waals surface area contributed by atoms with Gasteiger partial charge in [0, 0.05) is 23.8 Å². The number of allylic oxidation sites excluding steroid dienone is 2. The maximum atomic E-state index is 15.0. The smallest absolute Gasteiger partial charge is 0.307 e. The highest BCUT2D eigenvalue weighted by atomic mass is 32.2. The van der Waals surface area contributed by atoms with Crippen LogP contribution in [0, 0.1) is 29.1 Å². The van der Waals surface area contributed by atoms with E-state index in [1.165, 1.54) is 4.90 Å². The topological polar surface area (TPSA) is 167 Å².